The normalized spacial score (nSPS) is 21.6. The predicted molar refractivity (Wildman–Crippen MR) is 73.7 cm³/mol. The zero-order chi connectivity index (χ0) is 14.9. The van der Waals surface area contributed by atoms with Gasteiger partial charge in [-0.2, -0.15) is 9.40 Å². The minimum absolute atomic E-state index is 0.186. The molecule has 1 saturated heterocycles. The number of aromatic nitrogens is 2. The lowest BCUT2D eigenvalue weighted by Gasteiger charge is -2.26. The van der Waals surface area contributed by atoms with Crippen LogP contribution >= 0.6 is 0 Å². The smallest absolute Gasteiger partial charge is 0.247 e. The van der Waals surface area contributed by atoms with Gasteiger partial charge in [0.2, 0.25) is 15.9 Å². The topological polar surface area (TPSA) is 95.2 Å². The van der Waals surface area contributed by atoms with Crippen LogP contribution in [0.3, 0.4) is 0 Å². The summed E-state index contributed by atoms with van der Waals surface area (Å²) in [4.78, 5) is 12.2. The van der Waals surface area contributed by atoms with Crippen LogP contribution in [0.2, 0.25) is 0 Å². The third-order valence-corrected chi connectivity index (χ3v) is 5.69. The van der Waals surface area contributed by atoms with E-state index in [1.54, 1.807) is 13.8 Å². The molecule has 1 aliphatic rings. The van der Waals surface area contributed by atoms with Gasteiger partial charge in [-0.3, -0.25) is 9.89 Å². The Morgan fingerprint density at radius 2 is 2.10 bits per heavy atom. The summed E-state index contributed by atoms with van der Waals surface area (Å²) in [5.74, 6) is -0.229. The van der Waals surface area contributed by atoms with Crippen LogP contribution in [0.4, 0.5) is 0 Å². The highest BCUT2D eigenvalue weighted by Gasteiger charge is 2.38. The van der Waals surface area contributed by atoms with Crippen molar-refractivity contribution >= 4 is 15.9 Å². The molecule has 0 aliphatic carbocycles. The Kier molecular flexibility index (Phi) is 4.14. The first-order valence-corrected chi connectivity index (χ1v) is 8.14. The van der Waals surface area contributed by atoms with Gasteiger partial charge < -0.3 is 5.32 Å². The zero-order valence-electron chi connectivity index (χ0n) is 11.9. The van der Waals surface area contributed by atoms with Crippen LogP contribution in [0.25, 0.3) is 0 Å². The van der Waals surface area contributed by atoms with Crippen molar-refractivity contribution < 1.29 is 13.2 Å². The highest BCUT2D eigenvalue weighted by atomic mass is 32.2. The number of nitrogens with one attached hydrogen (secondary N) is 2. The standard InChI is InChI=1S/C12H20N4O3S/c1-4-10-12(17)13-6-5-7-16(10)20(18,19)11-8(2)14-15-9(11)3/h10H,4-7H2,1-3H3,(H,13,17)(H,14,15)/t10-/m1/s1. The third kappa shape index (κ3) is 2.45. The molecule has 0 radical (unpaired) electrons. The molecule has 1 aliphatic heterocycles. The van der Waals surface area contributed by atoms with Crippen LogP contribution in [0, 0.1) is 13.8 Å². The number of nitrogens with zero attached hydrogens (tertiary/aromatic N) is 2. The second-order valence-corrected chi connectivity index (χ2v) is 6.77. The van der Waals surface area contributed by atoms with E-state index in [2.05, 4.69) is 15.5 Å². The molecule has 20 heavy (non-hydrogen) atoms. The number of H-pyrrole nitrogens is 1. The number of hydrogen-bond acceptors (Lipinski definition) is 4. The largest absolute Gasteiger partial charge is 0.355 e. The van der Waals surface area contributed by atoms with Gasteiger partial charge in [0.05, 0.1) is 11.4 Å². The lowest BCUT2D eigenvalue weighted by molar-refractivity contribution is -0.124. The molecule has 1 fully saturated rings. The second-order valence-electron chi connectivity index (χ2n) is 4.95. The van der Waals surface area contributed by atoms with Crippen LogP contribution in [0.5, 0.6) is 0 Å². The molecule has 0 spiro atoms. The molecule has 2 N–H and O–H groups in total. The summed E-state index contributed by atoms with van der Waals surface area (Å²) in [7, 11) is -3.72. The lowest BCUT2D eigenvalue weighted by Crippen LogP contribution is -2.46. The van der Waals surface area contributed by atoms with Gasteiger partial charge in [-0.1, -0.05) is 6.92 Å². The molecule has 1 aromatic heterocycles. The van der Waals surface area contributed by atoms with Crippen LogP contribution in [0.1, 0.15) is 31.2 Å². The first-order valence-electron chi connectivity index (χ1n) is 6.70. The van der Waals surface area contributed by atoms with Crippen molar-refractivity contribution in [1.82, 2.24) is 19.8 Å². The maximum absolute atomic E-state index is 12.8. The Balaban J connectivity index is 2.48. The minimum atomic E-state index is -3.72. The number of carbonyl (C=O) groups is 1. The van der Waals surface area contributed by atoms with Gasteiger partial charge in [0.15, 0.2) is 0 Å². The van der Waals surface area contributed by atoms with Crippen molar-refractivity contribution in [1.29, 1.82) is 0 Å². The van der Waals surface area contributed by atoms with E-state index in [1.807, 2.05) is 6.92 Å². The third-order valence-electron chi connectivity index (χ3n) is 3.52. The molecule has 8 heteroatoms. The maximum Gasteiger partial charge on any atom is 0.247 e. The Morgan fingerprint density at radius 1 is 1.40 bits per heavy atom. The quantitative estimate of drug-likeness (QED) is 0.840. The molecule has 1 aromatic rings. The van der Waals surface area contributed by atoms with E-state index in [4.69, 9.17) is 0 Å². The molecule has 1 atom stereocenters. The summed E-state index contributed by atoms with van der Waals surface area (Å²) in [5.41, 5.74) is 0.934. The SMILES string of the molecule is CC[C@@H]1C(=O)NCCCN1S(=O)(=O)c1c(C)n[nH]c1C. The van der Waals surface area contributed by atoms with Gasteiger partial charge in [-0.25, -0.2) is 8.42 Å². The zero-order valence-corrected chi connectivity index (χ0v) is 12.7. The molecule has 2 rings (SSSR count). The van der Waals surface area contributed by atoms with E-state index in [0.29, 0.717) is 37.3 Å². The summed E-state index contributed by atoms with van der Waals surface area (Å²) in [5, 5.41) is 9.38. The maximum atomic E-state index is 12.8. The lowest BCUT2D eigenvalue weighted by atomic mass is 10.2. The summed E-state index contributed by atoms with van der Waals surface area (Å²) >= 11 is 0. The summed E-state index contributed by atoms with van der Waals surface area (Å²) < 4.78 is 27.0. The van der Waals surface area contributed by atoms with Gasteiger partial charge in [0, 0.05) is 13.1 Å². The molecular formula is C12H20N4O3S. The molecule has 0 saturated carbocycles. The number of aromatic amines is 1. The fourth-order valence-electron chi connectivity index (χ4n) is 2.57. The summed E-state index contributed by atoms with van der Waals surface area (Å²) in [6.07, 6.45) is 1.05. The number of rotatable bonds is 3. The van der Waals surface area contributed by atoms with Crippen molar-refractivity contribution in [3.05, 3.63) is 11.4 Å². The average Bonchev–Trinajstić information content (AvgIpc) is 2.60. The number of carbonyl (C=O) groups excluding carboxylic acids is 1. The average molecular weight is 300 g/mol. The Hall–Kier alpha value is -1.41. The fraction of sp³-hybridized carbons (Fsp3) is 0.667. The molecule has 0 aromatic carbocycles. The highest BCUT2D eigenvalue weighted by molar-refractivity contribution is 7.89. The first kappa shape index (κ1) is 15.0. The van der Waals surface area contributed by atoms with Gasteiger partial charge in [-0.05, 0) is 26.7 Å². The molecule has 0 unspecified atom stereocenters. The molecule has 1 amide bonds. The highest BCUT2D eigenvalue weighted by Crippen LogP contribution is 2.25. The van der Waals surface area contributed by atoms with Crippen molar-refractivity contribution in [2.45, 2.75) is 44.6 Å². The van der Waals surface area contributed by atoms with Crippen molar-refractivity contribution in [2.75, 3.05) is 13.1 Å². The Labute approximate surface area is 118 Å². The molecule has 7 nitrogen and oxygen atoms in total. The van der Waals surface area contributed by atoms with Crippen LogP contribution in [-0.4, -0.2) is 48.0 Å². The number of sulfonamides is 1. The molecular weight excluding hydrogens is 280 g/mol. The van der Waals surface area contributed by atoms with Gasteiger partial charge in [-0.15, -0.1) is 0 Å². The Morgan fingerprint density at radius 3 is 2.65 bits per heavy atom. The van der Waals surface area contributed by atoms with E-state index in [0.717, 1.165) is 0 Å². The molecule has 0 bridgehead atoms. The molecule has 2 heterocycles. The van der Waals surface area contributed by atoms with E-state index in [9.17, 15) is 13.2 Å². The molecule has 112 valence electrons. The van der Waals surface area contributed by atoms with Crippen molar-refractivity contribution in [3.8, 4) is 0 Å². The van der Waals surface area contributed by atoms with E-state index < -0.39 is 16.1 Å². The van der Waals surface area contributed by atoms with Crippen molar-refractivity contribution in [2.24, 2.45) is 0 Å². The number of hydrogen-bond donors (Lipinski definition) is 2. The predicted octanol–water partition coefficient (Wildman–Crippen LogP) is 0.316. The van der Waals surface area contributed by atoms with E-state index in [1.165, 1.54) is 4.31 Å². The van der Waals surface area contributed by atoms with Crippen LogP contribution in [-0.2, 0) is 14.8 Å². The van der Waals surface area contributed by atoms with Gasteiger partial charge in [0.25, 0.3) is 0 Å². The number of amides is 1. The van der Waals surface area contributed by atoms with Crippen LogP contribution < -0.4 is 5.32 Å². The van der Waals surface area contributed by atoms with Crippen LogP contribution in [0.15, 0.2) is 4.90 Å². The second kappa shape index (κ2) is 5.53. The monoisotopic (exact) mass is 300 g/mol. The van der Waals surface area contributed by atoms with Gasteiger partial charge in [0.1, 0.15) is 10.9 Å². The Bertz CT molecular complexity index is 589. The minimum Gasteiger partial charge on any atom is -0.355 e. The van der Waals surface area contributed by atoms with Crippen molar-refractivity contribution in [3.63, 3.8) is 0 Å². The first-order chi connectivity index (χ1) is 9.39. The van der Waals surface area contributed by atoms with E-state index in [-0.39, 0.29) is 10.8 Å². The van der Waals surface area contributed by atoms with Gasteiger partial charge >= 0.3 is 0 Å². The van der Waals surface area contributed by atoms with E-state index >= 15 is 0 Å². The summed E-state index contributed by atoms with van der Waals surface area (Å²) in [6.45, 7) is 5.97. The number of aryl methyl sites for hydroxylation is 2. The fourth-order valence-corrected chi connectivity index (χ4v) is 4.60. The summed E-state index contributed by atoms with van der Waals surface area (Å²) in [6, 6.07) is -0.656.